The van der Waals surface area contributed by atoms with Crippen LogP contribution in [0.2, 0.25) is 0 Å². The fourth-order valence-corrected chi connectivity index (χ4v) is 2.83. The van der Waals surface area contributed by atoms with Gasteiger partial charge in [0.1, 0.15) is 5.75 Å². The molecule has 0 saturated heterocycles. The zero-order valence-electron chi connectivity index (χ0n) is 18.0. The molecule has 1 unspecified atom stereocenters. The predicted molar refractivity (Wildman–Crippen MR) is 118 cm³/mol. The Bertz CT molecular complexity index is 801. The van der Waals surface area contributed by atoms with E-state index in [0.717, 1.165) is 30.2 Å². The number of nitrogens with zero attached hydrogens (tertiary/aromatic N) is 2. The number of nitrogens with one attached hydrogen (secondary N) is 2. The van der Waals surface area contributed by atoms with Crippen molar-refractivity contribution >= 4 is 11.9 Å². The van der Waals surface area contributed by atoms with Gasteiger partial charge in [-0.3, -0.25) is 9.79 Å². The first kappa shape index (κ1) is 22.3. The van der Waals surface area contributed by atoms with Crippen LogP contribution in [0.15, 0.2) is 53.5 Å². The van der Waals surface area contributed by atoms with Crippen LogP contribution in [0.25, 0.3) is 0 Å². The Kier molecular flexibility index (Phi) is 8.52. The van der Waals surface area contributed by atoms with Crippen molar-refractivity contribution in [1.82, 2.24) is 15.5 Å². The minimum atomic E-state index is -0.0334. The van der Waals surface area contributed by atoms with Crippen molar-refractivity contribution in [3.63, 3.8) is 0 Å². The summed E-state index contributed by atoms with van der Waals surface area (Å²) in [5.74, 6) is 1.62. The van der Waals surface area contributed by atoms with E-state index < -0.39 is 0 Å². The van der Waals surface area contributed by atoms with Crippen LogP contribution >= 0.6 is 0 Å². The summed E-state index contributed by atoms with van der Waals surface area (Å²) >= 11 is 0. The number of amides is 1. The van der Waals surface area contributed by atoms with Crippen LogP contribution in [-0.2, 0) is 13.1 Å². The molecule has 0 radical (unpaired) electrons. The van der Waals surface area contributed by atoms with Crippen LogP contribution in [0.4, 0.5) is 0 Å². The maximum absolute atomic E-state index is 12.2. The van der Waals surface area contributed by atoms with Gasteiger partial charge in [0.15, 0.2) is 5.96 Å². The van der Waals surface area contributed by atoms with E-state index in [1.807, 2.05) is 62.5 Å². The standard InChI is InChI=1S/C23H32N4O2/c1-6-17(2)26-22(28)20-11-7-18(8-12-20)15-25-23(24-3)27(4)16-19-9-13-21(29-5)14-10-19/h7-14,17H,6,15-16H2,1-5H3,(H,24,25)(H,26,28). The van der Waals surface area contributed by atoms with Crippen LogP contribution in [0.5, 0.6) is 5.75 Å². The van der Waals surface area contributed by atoms with Crippen LogP contribution < -0.4 is 15.4 Å². The number of hydrogen-bond donors (Lipinski definition) is 2. The van der Waals surface area contributed by atoms with Gasteiger partial charge in [-0.1, -0.05) is 31.2 Å². The molecule has 0 aliphatic heterocycles. The van der Waals surface area contributed by atoms with Gasteiger partial charge in [0.25, 0.3) is 5.91 Å². The molecule has 0 saturated carbocycles. The van der Waals surface area contributed by atoms with Gasteiger partial charge in [-0.15, -0.1) is 0 Å². The van der Waals surface area contributed by atoms with Crippen molar-refractivity contribution in [2.45, 2.75) is 39.4 Å². The summed E-state index contributed by atoms with van der Waals surface area (Å²) in [6.45, 7) is 5.42. The topological polar surface area (TPSA) is 66.0 Å². The molecule has 29 heavy (non-hydrogen) atoms. The molecule has 0 aromatic heterocycles. The molecule has 6 nitrogen and oxygen atoms in total. The first-order chi connectivity index (χ1) is 14.0. The van der Waals surface area contributed by atoms with Gasteiger partial charge >= 0.3 is 0 Å². The molecule has 2 aromatic rings. The van der Waals surface area contributed by atoms with E-state index >= 15 is 0 Å². The van der Waals surface area contributed by atoms with Gasteiger partial charge in [0, 0.05) is 38.8 Å². The van der Waals surface area contributed by atoms with E-state index in [4.69, 9.17) is 4.74 Å². The van der Waals surface area contributed by atoms with Crippen LogP contribution in [0.1, 0.15) is 41.8 Å². The molecule has 0 spiro atoms. The monoisotopic (exact) mass is 396 g/mol. The van der Waals surface area contributed by atoms with E-state index in [1.165, 1.54) is 5.56 Å². The average Bonchev–Trinajstić information content (AvgIpc) is 2.75. The van der Waals surface area contributed by atoms with E-state index in [-0.39, 0.29) is 11.9 Å². The number of carbonyl (C=O) groups excluding carboxylic acids is 1. The smallest absolute Gasteiger partial charge is 0.251 e. The Morgan fingerprint density at radius 3 is 2.28 bits per heavy atom. The fourth-order valence-electron chi connectivity index (χ4n) is 2.83. The second kappa shape index (κ2) is 11.1. The second-order valence-electron chi connectivity index (χ2n) is 7.08. The number of rotatable bonds is 8. The van der Waals surface area contributed by atoms with E-state index in [1.54, 1.807) is 14.2 Å². The minimum Gasteiger partial charge on any atom is -0.497 e. The number of guanidine groups is 1. The maximum atomic E-state index is 12.2. The number of benzene rings is 2. The van der Waals surface area contributed by atoms with Gasteiger partial charge in [-0.05, 0) is 48.7 Å². The summed E-state index contributed by atoms with van der Waals surface area (Å²) in [4.78, 5) is 18.6. The molecule has 1 amide bonds. The molecular formula is C23H32N4O2. The Hall–Kier alpha value is -3.02. The van der Waals surface area contributed by atoms with Crippen molar-refractivity contribution in [2.75, 3.05) is 21.2 Å². The fraction of sp³-hybridized carbons (Fsp3) is 0.391. The lowest BCUT2D eigenvalue weighted by Crippen LogP contribution is -2.38. The highest BCUT2D eigenvalue weighted by Crippen LogP contribution is 2.13. The second-order valence-corrected chi connectivity index (χ2v) is 7.08. The molecule has 6 heteroatoms. The Morgan fingerprint density at radius 1 is 1.10 bits per heavy atom. The van der Waals surface area contributed by atoms with Gasteiger partial charge < -0.3 is 20.3 Å². The zero-order chi connectivity index (χ0) is 21.2. The number of aliphatic imine (C=N–C) groups is 1. The lowest BCUT2D eigenvalue weighted by Gasteiger charge is -2.22. The molecule has 0 heterocycles. The number of hydrogen-bond acceptors (Lipinski definition) is 3. The van der Waals surface area contributed by atoms with Gasteiger partial charge in [-0.25, -0.2) is 0 Å². The average molecular weight is 397 g/mol. The third-order valence-corrected chi connectivity index (χ3v) is 4.81. The number of ether oxygens (including phenoxy) is 1. The van der Waals surface area contributed by atoms with Crippen LogP contribution in [0.3, 0.4) is 0 Å². The van der Waals surface area contributed by atoms with Crippen molar-refractivity contribution in [3.8, 4) is 5.75 Å². The summed E-state index contributed by atoms with van der Waals surface area (Å²) < 4.78 is 5.20. The van der Waals surface area contributed by atoms with Crippen molar-refractivity contribution < 1.29 is 9.53 Å². The Labute approximate surface area is 174 Å². The molecular weight excluding hydrogens is 364 g/mol. The lowest BCUT2D eigenvalue weighted by molar-refractivity contribution is 0.0939. The summed E-state index contributed by atoms with van der Waals surface area (Å²) in [5.41, 5.74) is 2.94. The minimum absolute atomic E-state index is 0.0334. The molecule has 1 atom stereocenters. The first-order valence-corrected chi connectivity index (χ1v) is 9.91. The number of methoxy groups -OCH3 is 1. The van der Waals surface area contributed by atoms with Crippen LogP contribution in [-0.4, -0.2) is 44.0 Å². The molecule has 156 valence electrons. The van der Waals surface area contributed by atoms with E-state index in [0.29, 0.717) is 12.1 Å². The highest BCUT2D eigenvalue weighted by Gasteiger charge is 2.09. The Balaban J connectivity index is 1.90. The largest absolute Gasteiger partial charge is 0.497 e. The molecule has 2 rings (SSSR count). The highest BCUT2D eigenvalue weighted by molar-refractivity contribution is 5.94. The molecule has 2 aromatic carbocycles. The number of carbonyl (C=O) groups is 1. The van der Waals surface area contributed by atoms with E-state index in [2.05, 4.69) is 27.4 Å². The Morgan fingerprint density at radius 2 is 1.72 bits per heavy atom. The van der Waals surface area contributed by atoms with Crippen molar-refractivity contribution in [2.24, 2.45) is 4.99 Å². The normalized spacial score (nSPS) is 12.2. The predicted octanol–water partition coefficient (Wildman–Crippen LogP) is 3.43. The summed E-state index contributed by atoms with van der Waals surface area (Å²) in [6, 6.07) is 15.8. The lowest BCUT2D eigenvalue weighted by atomic mass is 10.1. The van der Waals surface area contributed by atoms with E-state index in [9.17, 15) is 4.79 Å². The molecule has 2 N–H and O–H groups in total. The van der Waals surface area contributed by atoms with Gasteiger partial charge in [0.05, 0.1) is 7.11 Å². The maximum Gasteiger partial charge on any atom is 0.251 e. The third kappa shape index (κ3) is 6.82. The summed E-state index contributed by atoms with van der Waals surface area (Å²) in [5, 5.41) is 6.35. The zero-order valence-corrected chi connectivity index (χ0v) is 18.0. The van der Waals surface area contributed by atoms with Gasteiger partial charge in [-0.2, -0.15) is 0 Å². The SMILES string of the molecule is CCC(C)NC(=O)c1ccc(CNC(=NC)N(C)Cc2ccc(OC)cc2)cc1. The quantitative estimate of drug-likeness (QED) is 0.530. The highest BCUT2D eigenvalue weighted by atomic mass is 16.5. The summed E-state index contributed by atoms with van der Waals surface area (Å²) in [7, 11) is 5.44. The van der Waals surface area contributed by atoms with Crippen molar-refractivity contribution in [1.29, 1.82) is 0 Å². The molecule has 0 bridgehead atoms. The summed E-state index contributed by atoms with van der Waals surface area (Å²) in [6.07, 6.45) is 0.914. The first-order valence-electron chi connectivity index (χ1n) is 9.91. The van der Waals surface area contributed by atoms with Crippen LogP contribution in [0, 0.1) is 0 Å². The van der Waals surface area contributed by atoms with Gasteiger partial charge in [0.2, 0.25) is 0 Å². The molecule has 0 aliphatic carbocycles. The van der Waals surface area contributed by atoms with Crippen molar-refractivity contribution in [3.05, 3.63) is 65.2 Å². The molecule has 0 aliphatic rings. The third-order valence-electron chi connectivity index (χ3n) is 4.81. The molecule has 0 fully saturated rings.